The number of ether oxygens (including phenoxy) is 1. The van der Waals surface area contributed by atoms with Gasteiger partial charge in [0.15, 0.2) is 0 Å². The van der Waals surface area contributed by atoms with Crippen molar-refractivity contribution >= 4 is 19.0 Å². The van der Waals surface area contributed by atoms with E-state index in [1.165, 1.54) is 26.2 Å². The molecule has 1 N–H and O–H groups in total. The summed E-state index contributed by atoms with van der Waals surface area (Å²) in [5.74, 6) is -0.602. The van der Waals surface area contributed by atoms with E-state index < -0.39 is 11.6 Å². The van der Waals surface area contributed by atoms with Crippen molar-refractivity contribution in [3.05, 3.63) is 0 Å². The Balaban J connectivity index is 2.08. The highest BCUT2D eigenvalue weighted by Gasteiger charge is 2.50. The lowest BCUT2D eigenvalue weighted by Gasteiger charge is -2.35. The van der Waals surface area contributed by atoms with Crippen molar-refractivity contribution in [1.82, 2.24) is 10.2 Å². The highest BCUT2D eigenvalue weighted by molar-refractivity contribution is 6.45. The second-order valence-corrected chi connectivity index (χ2v) is 11.4. The number of likely N-dealkylation sites (tertiary alicyclic amines) is 1. The van der Waals surface area contributed by atoms with Crippen LogP contribution in [0.2, 0.25) is 6.32 Å². The van der Waals surface area contributed by atoms with Gasteiger partial charge in [-0.3, -0.25) is 4.79 Å². The molecule has 184 valence electrons. The molecule has 0 bridgehead atoms. The van der Waals surface area contributed by atoms with E-state index in [2.05, 4.69) is 37.9 Å². The van der Waals surface area contributed by atoms with Gasteiger partial charge in [0.1, 0.15) is 11.6 Å². The van der Waals surface area contributed by atoms with Crippen LogP contribution in [0.15, 0.2) is 0 Å². The maximum absolute atomic E-state index is 13.1. The van der Waals surface area contributed by atoms with Crippen LogP contribution < -0.4 is 5.32 Å². The van der Waals surface area contributed by atoms with Gasteiger partial charge in [-0.15, -0.1) is 0 Å². The molecule has 2 heterocycles. The monoisotopic (exact) mass is 452 g/mol. The molecule has 2 fully saturated rings. The van der Waals surface area contributed by atoms with Gasteiger partial charge in [0.05, 0.1) is 11.2 Å². The molecule has 0 aromatic carbocycles. The topological polar surface area (TPSA) is 77.1 Å². The Hall–Kier alpha value is -1.12. The number of amides is 1. The first kappa shape index (κ1) is 27.1. The van der Waals surface area contributed by atoms with Gasteiger partial charge in [-0.1, -0.05) is 12.8 Å². The number of carbonyl (C=O) groups excluding carboxylic acids is 2. The lowest BCUT2D eigenvalue weighted by atomic mass is 9.80. The smallest absolute Gasteiger partial charge is 0.457 e. The molecule has 0 saturated carbocycles. The summed E-state index contributed by atoms with van der Waals surface area (Å²) in [6.07, 6.45) is 5.99. The molecule has 7 nitrogen and oxygen atoms in total. The minimum absolute atomic E-state index is 0.0331. The molecule has 0 unspecified atom stereocenters. The molecule has 0 radical (unpaired) electrons. The summed E-state index contributed by atoms with van der Waals surface area (Å²) in [4.78, 5) is 27.5. The van der Waals surface area contributed by atoms with E-state index in [9.17, 15) is 9.59 Å². The van der Waals surface area contributed by atoms with E-state index in [1.54, 1.807) is 0 Å². The van der Waals surface area contributed by atoms with Crippen LogP contribution in [0, 0.1) is 5.92 Å². The number of esters is 1. The van der Waals surface area contributed by atoms with Crippen molar-refractivity contribution in [3.8, 4) is 0 Å². The number of hydrogen-bond donors (Lipinski definition) is 1. The average Bonchev–Trinajstić information content (AvgIpc) is 2.84. The Morgan fingerprint density at radius 3 is 2.12 bits per heavy atom. The predicted octanol–water partition coefficient (Wildman–Crippen LogP) is 3.81. The summed E-state index contributed by atoms with van der Waals surface area (Å²) < 4.78 is 18.0. The van der Waals surface area contributed by atoms with E-state index in [1.807, 2.05) is 20.8 Å². The van der Waals surface area contributed by atoms with Crippen LogP contribution in [0.4, 0.5) is 0 Å². The van der Waals surface area contributed by atoms with Crippen LogP contribution in [-0.4, -0.2) is 66.4 Å². The predicted molar refractivity (Wildman–Crippen MR) is 127 cm³/mol. The van der Waals surface area contributed by atoms with Gasteiger partial charge in [0, 0.05) is 19.4 Å². The van der Waals surface area contributed by atoms with Crippen molar-refractivity contribution in [2.24, 2.45) is 5.92 Å². The first-order valence-corrected chi connectivity index (χ1v) is 12.3. The summed E-state index contributed by atoms with van der Waals surface area (Å²) >= 11 is 0. The minimum Gasteiger partial charge on any atom is -0.458 e. The molecule has 8 heteroatoms. The fraction of sp³-hybridized carbons (Fsp3) is 0.917. The third kappa shape index (κ3) is 8.03. The van der Waals surface area contributed by atoms with Gasteiger partial charge in [-0.05, 0) is 87.1 Å². The van der Waals surface area contributed by atoms with Crippen molar-refractivity contribution < 1.29 is 23.6 Å². The second-order valence-electron chi connectivity index (χ2n) is 11.4. The number of nitrogens with zero attached hydrogens (tertiary/aromatic N) is 1. The first-order chi connectivity index (χ1) is 14.7. The van der Waals surface area contributed by atoms with Gasteiger partial charge in [0.25, 0.3) is 0 Å². The minimum atomic E-state index is -0.660. The number of hydrogen-bond acceptors (Lipinski definition) is 6. The van der Waals surface area contributed by atoms with Crippen LogP contribution >= 0.6 is 0 Å². The standard InChI is InChI=1S/C24H45BN2O5/c1-18(28)26-20(21(29)30-22(2,3)4)19(17-27-15-10-9-11-16-27)13-12-14-25-31-23(5,6)24(7,8)32-25/h19-20H,9-17H2,1-8H3,(H,26,28)/t19-,20+/m1/s1. The zero-order chi connectivity index (χ0) is 24.2. The Kier molecular flexibility index (Phi) is 9.22. The van der Waals surface area contributed by atoms with Crippen molar-refractivity contribution in [1.29, 1.82) is 0 Å². The lowest BCUT2D eigenvalue weighted by Crippen LogP contribution is -2.51. The maximum atomic E-state index is 13.1. The number of piperidine rings is 1. The van der Waals surface area contributed by atoms with E-state index in [-0.39, 0.29) is 36.1 Å². The molecule has 2 atom stereocenters. The van der Waals surface area contributed by atoms with Crippen molar-refractivity contribution in [2.45, 2.75) is 117 Å². The first-order valence-electron chi connectivity index (χ1n) is 12.3. The molecule has 32 heavy (non-hydrogen) atoms. The summed E-state index contributed by atoms with van der Waals surface area (Å²) in [7, 11) is -0.253. The van der Waals surface area contributed by atoms with Crippen LogP contribution in [0.1, 0.15) is 87.5 Å². The molecule has 1 amide bonds. The normalized spacial score (nSPS) is 22.9. The molecule has 0 aliphatic carbocycles. The van der Waals surface area contributed by atoms with Crippen LogP contribution in [0.25, 0.3) is 0 Å². The summed E-state index contributed by atoms with van der Waals surface area (Å²) in [5.41, 5.74) is -1.30. The zero-order valence-corrected chi connectivity index (χ0v) is 21.6. The van der Waals surface area contributed by atoms with Crippen LogP contribution in [0.5, 0.6) is 0 Å². The third-order valence-electron chi connectivity index (χ3n) is 6.75. The van der Waals surface area contributed by atoms with E-state index in [0.717, 1.165) is 38.8 Å². The molecule has 0 aromatic rings. The van der Waals surface area contributed by atoms with Crippen molar-refractivity contribution in [3.63, 3.8) is 0 Å². The molecule has 2 rings (SSSR count). The Labute approximate surface area is 195 Å². The SMILES string of the molecule is CC(=O)N[C@H](C(=O)OC(C)(C)C)[C@H](CCCB1OC(C)(C)C(C)(C)O1)CN1CCCCC1. The fourth-order valence-electron chi connectivity index (χ4n) is 4.42. The lowest BCUT2D eigenvalue weighted by molar-refractivity contribution is -0.160. The number of nitrogens with one attached hydrogen (secondary N) is 1. The average molecular weight is 452 g/mol. The second kappa shape index (κ2) is 10.9. The molecule has 0 spiro atoms. The number of carbonyl (C=O) groups is 2. The molecule has 2 aliphatic rings. The maximum Gasteiger partial charge on any atom is 0.457 e. The van der Waals surface area contributed by atoms with Gasteiger partial charge in [-0.25, -0.2) is 4.79 Å². The van der Waals surface area contributed by atoms with Gasteiger partial charge >= 0.3 is 13.1 Å². The largest absolute Gasteiger partial charge is 0.458 e. The summed E-state index contributed by atoms with van der Waals surface area (Å²) in [6.45, 7) is 18.1. The molecule has 0 aromatic heterocycles. The quantitative estimate of drug-likeness (QED) is 0.424. The van der Waals surface area contributed by atoms with E-state index in [4.69, 9.17) is 14.0 Å². The van der Waals surface area contributed by atoms with E-state index in [0.29, 0.717) is 0 Å². The van der Waals surface area contributed by atoms with Gasteiger partial charge in [-0.2, -0.15) is 0 Å². The highest BCUT2D eigenvalue weighted by atomic mass is 16.7. The van der Waals surface area contributed by atoms with Gasteiger partial charge < -0.3 is 24.3 Å². The van der Waals surface area contributed by atoms with Gasteiger partial charge in [0.2, 0.25) is 5.91 Å². The Bertz CT molecular complexity index is 625. The van der Waals surface area contributed by atoms with Crippen LogP contribution in [-0.2, 0) is 23.6 Å². The zero-order valence-electron chi connectivity index (χ0n) is 21.6. The molecular formula is C24H45BN2O5. The van der Waals surface area contributed by atoms with E-state index >= 15 is 0 Å². The molecular weight excluding hydrogens is 407 g/mol. The molecule has 2 saturated heterocycles. The third-order valence-corrected chi connectivity index (χ3v) is 6.75. The Morgan fingerprint density at radius 1 is 1.06 bits per heavy atom. The number of rotatable bonds is 9. The Morgan fingerprint density at radius 2 is 1.62 bits per heavy atom. The molecule has 2 aliphatic heterocycles. The van der Waals surface area contributed by atoms with Crippen molar-refractivity contribution in [2.75, 3.05) is 19.6 Å². The highest BCUT2D eigenvalue weighted by Crippen LogP contribution is 2.38. The van der Waals surface area contributed by atoms with Crippen LogP contribution in [0.3, 0.4) is 0 Å². The fourth-order valence-corrected chi connectivity index (χ4v) is 4.42. The summed E-state index contributed by atoms with van der Waals surface area (Å²) in [6, 6.07) is -0.660. The summed E-state index contributed by atoms with van der Waals surface area (Å²) in [5, 5.41) is 2.89.